The second-order valence-electron chi connectivity index (χ2n) is 6.43. The van der Waals surface area contributed by atoms with Crippen molar-refractivity contribution in [2.24, 2.45) is 17.8 Å². The van der Waals surface area contributed by atoms with Crippen LogP contribution in [0.3, 0.4) is 0 Å². The van der Waals surface area contributed by atoms with Gasteiger partial charge in [-0.05, 0) is 59.0 Å². The van der Waals surface area contributed by atoms with Crippen molar-refractivity contribution in [3.63, 3.8) is 0 Å². The highest BCUT2D eigenvalue weighted by Gasteiger charge is 2.38. The number of hydrogen-bond donors (Lipinski definition) is 0. The van der Waals surface area contributed by atoms with Crippen LogP contribution in [0, 0.1) is 17.8 Å². The lowest BCUT2D eigenvalue weighted by Gasteiger charge is -2.38. The Hall–Kier alpha value is -0.370. The van der Waals surface area contributed by atoms with E-state index < -0.39 is 0 Å². The third-order valence-electron chi connectivity index (χ3n) is 4.27. The molecule has 0 radical (unpaired) electrons. The van der Waals surface area contributed by atoms with Gasteiger partial charge in [0.15, 0.2) is 5.78 Å². The first-order chi connectivity index (χ1) is 7.25. The second-order valence-corrected chi connectivity index (χ2v) is 6.43. The summed E-state index contributed by atoms with van der Waals surface area (Å²) >= 11 is 0. The maximum Gasteiger partial charge on any atom is 0.155 e. The summed E-state index contributed by atoms with van der Waals surface area (Å²) in [4.78, 5) is 14.6. The zero-order chi connectivity index (χ0) is 12.5. The second kappa shape index (κ2) is 4.87. The van der Waals surface area contributed by atoms with Crippen molar-refractivity contribution in [1.82, 2.24) is 4.90 Å². The summed E-state index contributed by atoms with van der Waals surface area (Å²) in [6, 6.07) is 0. The average Bonchev–Trinajstić information content (AvgIpc) is 2.14. The van der Waals surface area contributed by atoms with E-state index in [2.05, 4.69) is 13.8 Å². The van der Waals surface area contributed by atoms with Crippen LogP contribution in [0.25, 0.3) is 0 Å². The lowest BCUT2D eigenvalue weighted by atomic mass is 9.71. The highest BCUT2D eigenvalue weighted by atomic mass is 16.1. The van der Waals surface area contributed by atoms with E-state index in [0.717, 1.165) is 12.8 Å². The fourth-order valence-corrected chi connectivity index (χ4v) is 2.88. The van der Waals surface area contributed by atoms with Crippen LogP contribution in [-0.2, 0) is 4.79 Å². The number of rotatable bonds is 3. The Kier molecular flexibility index (Phi) is 4.17. The molecule has 16 heavy (non-hydrogen) atoms. The van der Waals surface area contributed by atoms with Crippen LogP contribution in [0.5, 0.6) is 0 Å². The number of likely N-dealkylation sites (N-methyl/N-ethyl adjacent to an activating group) is 1. The summed E-state index contributed by atoms with van der Waals surface area (Å²) in [6.07, 6.45) is 3.45. The van der Waals surface area contributed by atoms with E-state index >= 15 is 0 Å². The van der Waals surface area contributed by atoms with Crippen molar-refractivity contribution >= 4 is 5.78 Å². The minimum atomic E-state index is -0.318. The number of carbonyl (C=O) groups is 1. The number of ketones is 1. The van der Waals surface area contributed by atoms with Crippen LogP contribution in [-0.4, -0.2) is 30.3 Å². The molecule has 0 N–H and O–H groups in total. The SMILES string of the molecule is CC1CC(C)CC(C(=O)C(C)(C)N(C)C)C1. The zero-order valence-corrected chi connectivity index (χ0v) is 11.7. The minimum absolute atomic E-state index is 0.274. The lowest BCUT2D eigenvalue weighted by Crippen LogP contribution is -2.49. The molecule has 0 aromatic carbocycles. The minimum Gasteiger partial charge on any atom is -0.298 e. The summed E-state index contributed by atoms with van der Waals surface area (Å²) in [6.45, 7) is 8.63. The summed E-state index contributed by atoms with van der Waals surface area (Å²) < 4.78 is 0. The van der Waals surface area contributed by atoms with Gasteiger partial charge in [-0.3, -0.25) is 9.69 Å². The summed E-state index contributed by atoms with van der Waals surface area (Å²) in [5, 5.41) is 0. The molecule has 1 saturated carbocycles. The number of Topliss-reactive ketones (excluding diaryl/α,β-unsaturated/α-hetero) is 1. The predicted octanol–water partition coefficient (Wildman–Crippen LogP) is 2.97. The van der Waals surface area contributed by atoms with E-state index in [1.54, 1.807) is 0 Å². The Morgan fingerprint density at radius 3 is 1.88 bits per heavy atom. The molecule has 0 aromatic rings. The topological polar surface area (TPSA) is 20.3 Å². The smallest absolute Gasteiger partial charge is 0.155 e. The summed E-state index contributed by atoms with van der Waals surface area (Å²) in [5.41, 5.74) is -0.318. The molecule has 0 amide bonds. The first-order valence-electron chi connectivity index (χ1n) is 6.47. The number of carbonyl (C=O) groups excluding carboxylic acids is 1. The fourth-order valence-electron chi connectivity index (χ4n) is 2.88. The molecule has 0 bridgehead atoms. The Morgan fingerprint density at radius 1 is 1.06 bits per heavy atom. The Bertz CT molecular complexity index is 247. The van der Waals surface area contributed by atoms with Crippen LogP contribution in [0.1, 0.15) is 47.0 Å². The molecule has 2 nitrogen and oxygen atoms in total. The molecule has 0 aromatic heterocycles. The standard InChI is InChI=1S/C14H27NO/c1-10-7-11(2)9-12(8-10)13(16)14(3,4)15(5)6/h10-12H,7-9H2,1-6H3. The fraction of sp³-hybridized carbons (Fsp3) is 0.929. The summed E-state index contributed by atoms with van der Waals surface area (Å²) in [7, 11) is 3.99. The van der Waals surface area contributed by atoms with Crippen molar-refractivity contribution in [2.45, 2.75) is 52.5 Å². The van der Waals surface area contributed by atoms with Crippen LogP contribution >= 0.6 is 0 Å². The van der Waals surface area contributed by atoms with Crippen LogP contribution < -0.4 is 0 Å². The van der Waals surface area contributed by atoms with Gasteiger partial charge in [-0.25, -0.2) is 0 Å². The normalized spacial score (nSPS) is 31.8. The van der Waals surface area contributed by atoms with Crippen LogP contribution in [0.4, 0.5) is 0 Å². The van der Waals surface area contributed by atoms with Crippen LogP contribution in [0.15, 0.2) is 0 Å². The molecule has 0 spiro atoms. The van der Waals surface area contributed by atoms with Gasteiger partial charge in [0.25, 0.3) is 0 Å². The number of nitrogens with zero attached hydrogens (tertiary/aromatic N) is 1. The maximum absolute atomic E-state index is 12.5. The predicted molar refractivity (Wildman–Crippen MR) is 68.4 cm³/mol. The van der Waals surface area contributed by atoms with Gasteiger partial charge in [0.05, 0.1) is 5.54 Å². The molecule has 2 unspecified atom stereocenters. The quantitative estimate of drug-likeness (QED) is 0.736. The molecular weight excluding hydrogens is 198 g/mol. The van der Waals surface area contributed by atoms with E-state index in [9.17, 15) is 4.79 Å². The van der Waals surface area contributed by atoms with Crippen molar-refractivity contribution in [3.05, 3.63) is 0 Å². The van der Waals surface area contributed by atoms with Gasteiger partial charge < -0.3 is 0 Å². The molecule has 1 aliphatic rings. The van der Waals surface area contributed by atoms with Gasteiger partial charge in [-0.1, -0.05) is 13.8 Å². The van der Waals surface area contributed by atoms with E-state index in [1.807, 2.05) is 32.8 Å². The van der Waals surface area contributed by atoms with Crippen molar-refractivity contribution in [3.8, 4) is 0 Å². The van der Waals surface area contributed by atoms with E-state index in [4.69, 9.17) is 0 Å². The van der Waals surface area contributed by atoms with Gasteiger partial charge in [-0.15, -0.1) is 0 Å². The van der Waals surface area contributed by atoms with Gasteiger partial charge in [0.1, 0.15) is 0 Å². The van der Waals surface area contributed by atoms with Crippen LogP contribution in [0.2, 0.25) is 0 Å². The Balaban J connectivity index is 2.74. The Labute approximate surface area is 100 Å². The molecule has 0 heterocycles. The highest BCUT2D eigenvalue weighted by molar-refractivity contribution is 5.89. The molecule has 2 atom stereocenters. The number of hydrogen-bond acceptors (Lipinski definition) is 2. The third-order valence-corrected chi connectivity index (χ3v) is 4.27. The molecule has 2 heteroatoms. The first kappa shape index (κ1) is 13.7. The van der Waals surface area contributed by atoms with Crippen molar-refractivity contribution in [1.29, 1.82) is 0 Å². The Morgan fingerprint density at radius 2 is 1.50 bits per heavy atom. The largest absolute Gasteiger partial charge is 0.298 e. The summed E-state index contributed by atoms with van der Waals surface area (Å²) in [5.74, 6) is 2.11. The van der Waals surface area contributed by atoms with Gasteiger partial charge in [0, 0.05) is 5.92 Å². The highest BCUT2D eigenvalue weighted by Crippen LogP contribution is 2.35. The molecule has 94 valence electrons. The maximum atomic E-state index is 12.5. The average molecular weight is 225 g/mol. The van der Waals surface area contributed by atoms with Crippen molar-refractivity contribution in [2.75, 3.05) is 14.1 Å². The lowest BCUT2D eigenvalue weighted by molar-refractivity contribution is -0.134. The van der Waals surface area contributed by atoms with E-state index in [-0.39, 0.29) is 11.5 Å². The van der Waals surface area contributed by atoms with Gasteiger partial charge >= 0.3 is 0 Å². The van der Waals surface area contributed by atoms with Crippen molar-refractivity contribution < 1.29 is 4.79 Å². The molecular formula is C14H27NO. The molecule has 0 saturated heterocycles. The molecule has 1 fully saturated rings. The first-order valence-corrected chi connectivity index (χ1v) is 6.47. The molecule has 1 aliphatic carbocycles. The third kappa shape index (κ3) is 2.85. The molecule has 1 rings (SSSR count). The van der Waals surface area contributed by atoms with E-state index in [0.29, 0.717) is 17.6 Å². The zero-order valence-electron chi connectivity index (χ0n) is 11.7. The monoisotopic (exact) mass is 225 g/mol. The van der Waals surface area contributed by atoms with Gasteiger partial charge in [-0.2, -0.15) is 0 Å². The molecule has 0 aliphatic heterocycles. The van der Waals surface area contributed by atoms with E-state index in [1.165, 1.54) is 6.42 Å². The van der Waals surface area contributed by atoms with Gasteiger partial charge in [0.2, 0.25) is 0 Å².